The topological polar surface area (TPSA) is 95.9 Å². The first-order valence-electron chi connectivity index (χ1n) is 21.3. The van der Waals surface area contributed by atoms with E-state index in [1.54, 1.807) is 6.92 Å². The first-order chi connectivity index (χ1) is 24.2. The number of piperidine rings is 1. The smallest absolute Gasteiger partial charge is 0.306 e. The lowest BCUT2D eigenvalue weighted by Crippen LogP contribution is -2.66. The molecule has 5 saturated carbocycles. The molecule has 7 nitrogen and oxygen atoms in total. The van der Waals surface area contributed by atoms with Gasteiger partial charge < -0.3 is 20.1 Å². The number of carbonyl (C=O) groups excluding carboxylic acids is 2. The monoisotopic (exact) mass is 723 g/mol. The quantitative estimate of drug-likeness (QED) is 0.172. The number of esters is 1. The molecule has 1 heterocycles. The maximum absolute atomic E-state index is 13.2. The molecule has 294 valence electrons. The zero-order chi connectivity index (χ0) is 38.0. The van der Waals surface area contributed by atoms with Crippen molar-refractivity contribution in [2.75, 3.05) is 19.6 Å². The Morgan fingerprint density at radius 2 is 1.54 bits per heavy atom. The summed E-state index contributed by atoms with van der Waals surface area (Å²) in [6, 6.07) is 0.343. The summed E-state index contributed by atoms with van der Waals surface area (Å²) in [5, 5.41) is 12.5. The van der Waals surface area contributed by atoms with Gasteiger partial charge in [-0.15, -0.1) is 0 Å². The minimum absolute atomic E-state index is 0.0344. The Labute approximate surface area is 316 Å². The van der Waals surface area contributed by atoms with Gasteiger partial charge >= 0.3 is 11.9 Å². The largest absolute Gasteiger partial charge is 0.481 e. The summed E-state index contributed by atoms with van der Waals surface area (Å²) < 4.78 is 6.30. The molecule has 6 fully saturated rings. The van der Waals surface area contributed by atoms with E-state index in [2.05, 4.69) is 58.3 Å². The number of carboxylic acid groups (broad SMARTS) is 1. The van der Waals surface area contributed by atoms with E-state index in [0.717, 1.165) is 62.4 Å². The number of hydrogen-bond acceptors (Lipinski definition) is 5. The van der Waals surface area contributed by atoms with Crippen molar-refractivity contribution in [1.82, 2.24) is 10.2 Å². The number of hydrogen-bond donors (Lipinski definition) is 2. The number of aliphatic carboxylic acids is 1. The van der Waals surface area contributed by atoms with Crippen molar-refractivity contribution in [1.29, 1.82) is 0 Å². The highest BCUT2D eigenvalue weighted by molar-refractivity contribution is 5.73. The third kappa shape index (κ3) is 7.04. The molecule has 0 aromatic rings. The minimum atomic E-state index is -0.871. The van der Waals surface area contributed by atoms with Crippen molar-refractivity contribution in [2.24, 2.45) is 68.5 Å². The van der Waals surface area contributed by atoms with E-state index in [-0.39, 0.29) is 41.7 Å². The molecule has 7 heteroatoms. The first kappa shape index (κ1) is 39.8. The van der Waals surface area contributed by atoms with Crippen LogP contribution in [-0.4, -0.2) is 59.6 Å². The summed E-state index contributed by atoms with van der Waals surface area (Å²) in [7, 11) is 0. The van der Waals surface area contributed by atoms with Crippen molar-refractivity contribution in [3.63, 3.8) is 0 Å². The third-order valence-corrected chi connectivity index (χ3v) is 17.4. The third-order valence-electron chi connectivity index (χ3n) is 17.4. The van der Waals surface area contributed by atoms with Crippen LogP contribution in [0, 0.1) is 68.5 Å². The Morgan fingerprint density at radius 3 is 2.17 bits per heavy atom. The summed E-state index contributed by atoms with van der Waals surface area (Å²) in [4.78, 5) is 38.9. The molecule has 1 aliphatic heterocycles. The highest BCUT2D eigenvalue weighted by Gasteiger charge is 2.69. The van der Waals surface area contributed by atoms with Crippen molar-refractivity contribution in [3.05, 3.63) is 12.2 Å². The van der Waals surface area contributed by atoms with Crippen LogP contribution in [0.5, 0.6) is 0 Å². The number of allylic oxidation sites excluding steroid dienone is 1. The predicted octanol–water partition coefficient (Wildman–Crippen LogP) is 9.29. The molecule has 1 saturated heterocycles. The molecular formula is C45H74N2O5. The Hall–Kier alpha value is -1.89. The van der Waals surface area contributed by atoms with Gasteiger partial charge in [-0.2, -0.15) is 0 Å². The number of rotatable bonds is 10. The molecule has 0 bridgehead atoms. The van der Waals surface area contributed by atoms with Gasteiger partial charge in [0.2, 0.25) is 5.91 Å². The second-order valence-electron chi connectivity index (χ2n) is 21.3. The van der Waals surface area contributed by atoms with Crippen molar-refractivity contribution in [2.45, 2.75) is 164 Å². The molecule has 1 unspecified atom stereocenters. The number of nitrogens with one attached hydrogen (secondary N) is 1. The standard InChI is InChI=1S/C45H74N2O5/c1-28(2)33-25-30(16-22-47-23-17-31(18-24-47)46-29(3)48)32-13-20-44(9)34(40(32)33)11-12-36-43(8)19-15-37(42(6,7)35(43)14-21-45(36,44)10)52-39(51)27-41(4,5)26-38(49)50/h30-37,40H,1,11-27H2,2-10H3,(H,46,48)(H,49,50)/t30-,32?,33+,34-,35+,36-,37+,40-,43+,44-,45-/m1/s1. The molecule has 2 N–H and O–H groups in total. The number of fused-ring (bicyclic) bond motifs is 7. The average molecular weight is 723 g/mol. The Balaban J connectivity index is 1.14. The Bertz CT molecular complexity index is 1380. The summed E-state index contributed by atoms with van der Waals surface area (Å²) in [6.45, 7) is 28.5. The van der Waals surface area contributed by atoms with Crippen LogP contribution in [0.15, 0.2) is 12.2 Å². The van der Waals surface area contributed by atoms with Gasteiger partial charge in [0.15, 0.2) is 0 Å². The summed E-state index contributed by atoms with van der Waals surface area (Å²) >= 11 is 0. The van der Waals surface area contributed by atoms with Gasteiger partial charge in [0.05, 0.1) is 12.8 Å². The predicted molar refractivity (Wildman–Crippen MR) is 207 cm³/mol. The zero-order valence-corrected chi connectivity index (χ0v) is 34.5. The normalized spacial score (nSPS) is 41.9. The summed E-state index contributed by atoms with van der Waals surface area (Å²) in [5.41, 5.74) is 1.50. The van der Waals surface area contributed by atoms with Crippen molar-refractivity contribution in [3.8, 4) is 0 Å². The van der Waals surface area contributed by atoms with Gasteiger partial charge in [0, 0.05) is 31.5 Å². The minimum Gasteiger partial charge on any atom is -0.481 e. The van der Waals surface area contributed by atoms with Gasteiger partial charge in [0.1, 0.15) is 6.10 Å². The summed E-state index contributed by atoms with van der Waals surface area (Å²) in [6.07, 6.45) is 14.6. The fourth-order valence-corrected chi connectivity index (χ4v) is 14.9. The second-order valence-corrected chi connectivity index (χ2v) is 21.3. The van der Waals surface area contributed by atoms with E-state index >= 15 is 0 Å². The number of likely N-dealkylation sites (tertiary alicyclic amines) is 1. The van der Waals surface area contributed by atoms with Gasteiger partial charge in [-0.25, -0.2) is 0 Å². The van der Waals surface area contributed by atoms with E-state index in [1.807, 2.05) is 13.8 Å². The molecule has 6 aliphatic rings. The molecule has 6 rings (SSSR count). The molecule has 5 aliphatic carbocycles. The van der Waals surface area contributed by atoms with Crippen LogP contribution in [0.1, 0.15) is 152 Å². The molecule has 0 spiro atoms. The SMILES string of the molecule is C=C(C)[C@@H]1C[C@@H](CCN2CCC(NC(C)=O)CC2)C2CC[C@]3(C)[C@H](CC[C@@H]4[C@@]5(C)CC[C@H](OC(=O)CC(C)(C)CC(=O)O)C(C)(C)[C@@H]5CC[C@]43C)[C@H]21. The van der Waals surface area contributed by atoms with Crippen LogP contribution in [0.2, 0.25) is 0 Å². The number of ether oxygens (including phenoxy) is 1. The fraction of sp³-hybridized carbons (Fsp3) is 0.889. The first-order valence-corrected chi connectivity index (χ1v) is 21.3. The van der Waals surface area contributed by atoms with Crippen molar-refractivity contribution >= 4 is 17.8 Å². The van der Waals surface area contributed by atoms with Crippen LogP contribution in [0.3, 0.4) is 0 Å². The van der Waals surface area contributed by atoms with Gasteiger partial charge in [-0.05, 0) is 154 Å². The maximum Gasteiger partial charge on any atom is 0.306 e. The number of nitrogens with zero attached hydrogens (tertiary/aromatic N) is 1. The van der Waals surface area contributed by atoms with Crippen LogP contribution >= 0.6 is 0 Å². The lowest BCUT2D eigenvalue weighted by molar-refractivity contribution is -0.245. The van der Waals surface area contributed by atoms with Gasteiger partial charge in [0.25, 0.3) is 0 Å². The Kier molecular flexibility index (Phi) is 11.0. The highest BCUT2D eigenvalue weighted by Crippen LogP contribution is 2.76. The lowest BCUT2D eigenvalue weighted by Gasteiger charge is -2.72. The van der Waals surface area contributed by atoms with Gasteiger partial charge in [-0.3, -0.25) is 14.4 Å². The lowest BCUT2D eigenvalue weighted by atomic mass is 9.33. The molecule has 52 heavy (non-hydrogen) atoms. The van der Waals surface area contributed by atoms with E-state index < -0.39 is 11.4 Å². The fourth-order valence-electron chi connectivity index (χ4n) is 14.9. The van der Waals surface area contributed by atoms with Crippen molar-refractivity contribution < 1.29 is 24.2 Å². The summed E-state index contributed by atoms with van der Waals surface area (Å²) in [5.74, 6) is 3.90. The molecule has 1 amide bonds. The average Bonchev–Trinajstić information content (AvgIpc) is 3.40. The molecule has 0 aromatic carbocycles. The maximum atomic E-state index is 13.2. The Morgan fingerprint density at radius 1 is 0.865 bits per heavy atom. The van der Waals surface area contributed by atoms with E-state index in [0.29, 0.717) is 34.6 Å². The molecule has 11 atom stereocenters. The molecule has 0 radical (unpaired) electrons. The van der Waals surface area contributed by atoms with E-state index in [4.69, 9.17) is 4.74 Å². The van der Waals surface area contributed by atoms with Crippen LogP contribution < -0.4 is 5.32 Å². The van der Waals surface area contributed by atoms with Crippen LogP contribution in [0.25, 0.3) is 0 Å². The van der Waals surface area contributed by atoms with Gasteiger partial charge in [-0.1, -0.05) is 60.6 Å². The number of carbonyl (C=O) groups is 3. The van der Waals surface area contributed by atoms with E-state index in [9.17, 15) is 19.5 Å². The number of carboxylic acids is 1. The van der Waals surface area contributed by atoms with E-state index in [1.165, 1.54) is 63.5 Å². The van der Waals surface area contributed by atoms with Crippen LogP contribution in [-0.2, 0) is 19.1 Å². The van der Waals surface area contributed by atoms with Crippen LogP contribution in [0.4, 0.5) is 0 Å². The molecule has 0 aromatic heterocycles. The molecular weight excluding hydrogens is 649 g/mol. The highest BCUT2D eigenvalue weighted by atomic mass is 16.5. The zero-order valence-electron chi connectivity index (χ0n) is 34.5. The number of amides is 1. The second kappa shape index (κ2) is 14.3.